The number of carbonyl (C=O) groups is 1. The van der Waals surface area contributed by atoms with Crippen LogP contribution in [-0.2, 0) is 9.47 Å². The van der Waals surface area contributed by atoms with Gasteiger partial charge in [0.05, 0.1) is 18.3 Å². The second kappa shape index (κ2) is 5.98. The smallest absolute Gasteiger partial charge is 0.339 e. The van der Waals surface area contributed by atoms with Gasteiger partial charge in [-0.2, -0.15) is 0 Å². The quantitative estimate of drug-likeness (QED) is 0.613. The van der Waals surface area contributed by atoms with Gasteiger partial charge in [-0.1, -0.05) is 11.6 Å². The van der Waals surface area contributed by atoms with Gasteiger partial charge >= 0.3 is 5.97 Å². The van der Waals surface area contributed by atoms with Crippen LogP contribution in [0.3, 0.4) is 0 Å². The molecule has 1 aliphatic rings. The number of aromatic nitrogens is 1. The highest BCUT2D eigenvalue weighted by molar-refractivity contribution is 6.29. The van der Waals surface area contributed by atoms with E-state index < -0.39 is 0 Å². The Hall–Kier alpha value is -1.13. The number of halogens is 1. The fourth-order valence-electron chi connectivity index (χ4n) is 1.73. The topological polar surface area (TPSA) is 48.4 Å². The number of ether oxygens (including phenoxy) is 2. The summed E-state index contributed by atoms with van der Waals surface area (Å²) < 4.78 is 10.6. The van der Waals surface area contributed by atoms with Crippen LogP contribution in [0, 0.1) is 0 Å². The predicted octanol–water partition coefficient (Wildman–Crippen LogP) is 2.46. The van der Waals surface area contributed by atoms with E-state index in [0.29, 0.717) is 17.3 Å². The molecule has 0 radical (unpaired) electrons. The van der Waals surface area contributed by atoms with E-state index in [1.54, 1.807) is 12.1 Å². The number of rotatable bonds is 4. The van der Waals surface area contributed by atoms with E-state index in [-0.39, 0.29) is 12.1 Å². The van der Waals surface area contributed by atoms with Crippen molar-refractivity contribution in [3.05, 3.63) is 29.0 Å². The van der Waals surface area contributed by atoms with E-state index in [4.69, 9.17) is 21.1 Å². The first-order valence-corrected chi connectivity index (χ1v) is 6.04. The van der Waals surface area contributed by atoms with Crippen molar-refractivity contribution < 1.29 is 14.3 Å². The molecule has 4 nitrogen and oxygen atoms in total. The van der Waals surface area contributed by atoms with Gasteiger partial charge in [-0.05, 0) is 25.0 Å². The standard InChI is InChI=1S/C12H14ClNO3/c13-11-4-3-9(8-14-11)12(15)17-7-5-10-2-1-6-16-10/h3-4,8,10H,1-2,5-7H2/t10-/m0/s1. The van der Waals surface area contributed by atoms with Gasteiger partial charge in [-0.25, -0.2) is 9.78 Å². The molecular weight excluding hydrogens is 242 g/mol. The molecule has 1 aromatic heterocycles. The minimum Gasteiger partial charge on any atom is -0.462 e. The average Bonchev–Trinajstić information content (AvgIpc) is 2.83. The third kappa shape index (κ3) is 3.68. The molecule has 0 aromatic carbocycles. The molecule has 92 valence electrons. The van der Waals surface area contributed by atoms with Crippen molar-refractivity contribution in [2.24, 2.45) is 0 Å². The van der Waals surface area contributed by atoms with Gasteiger partial charge < -0.3 is 9.47 Å². The van der Waals surface area contributed by atoms with Crippen molar-refractivity contribution >= 4 is 17.6 Å². The molecule has 0 bridgehead atoms. The number of hydrogen-bond acceptors (Lipinski definition) is 4. The Morgan fingerprint density at radius 1 is 1.59 bits per heavy atom. The lowest BCUT2D eigenvalue weighted by Crippen LogP contribution is -2.13. The fourth-order valence-corrected chi connectivity index (χ4v) is 1.85. The Labute approximate surface area is 105 Å². The largest absolute Gasteiger partial charge is 0.462 e. The third-order valence-corrected chi connectivity index (χ3v) is 2.88. The maximum absolute atomic E-state index is 11.6. The van der Waals surface area contributed by atoms with Crippen LogP contribution in [0.5, 0.6) is 0 Å². The van der Waals surface area contributed by atoms with E-state index in [0.717, 1.165) is 25.9 Å². The summed E-state index contributed by atoms with van der Waals surface area (Å²) in [6, 6.07) is 3.17. The van der Waals surface area contributed by atoms with Crippen molar-refractivity contribution in [3.63, 3.8) is 0 Å². The minimum absolute atomic E-state index is 0.242. The van der Waals surface area contributed by atoms with Crippen LogP contribution >= 0.6 is 11.6 Å². The van der Waals surface area contributed by atoms with Crippen LogP contribution in [0.25, 0.3) is 0 Å². The highest BCUT2D eigenvalue weighted by Gasteiger charge is 2.16. The molecule has 17 heavy (non-hydrogen) atoms. The Morgan fingerprint density at radius 3 is 3.12 bits per heavy atom. The van der Waals surface area contributed by atoms with Crippen LogP contribution < -0.4 is 0 Å². The summed E-state index contributed by atoms with van der Waals surface area (Å²) in [7, 11) is 0. The molecule has 0 spiro atoms. The summed E-state index contributed by atoms with van der Waals surface area (Å²) in [5.74, 6) is -0.368. The lowest BCUT2D eigenvalue weighted by molar-refractivity contribution is 0.0385. The molecule has 2 rings (SSSR count). The number of esters is 1. The average molecular weight is 256 g/mol. The van der Waals surface area contributed by atoms with Crippen LogP contribution in [-0.4, -0.2) is 30.3 Å². The second-order valence-corrected chi connectivity index (χ2v) is 4.32. The molecule has 2 heterocycles. The summed E-state index contributed by atoms with van der Waals surface area (Å²) in [6.07, 6.45) is 4.56. The zero-order valence-electron chi connectivity index (χ0n) is 9.39. The molecular formula is C12H14ClNO3. The van der Waals surface area contributed by atoms with Gasteiger partial charge in [-0.3, -0.25) is 0 Å². The molecule has 1 aromatic rings. The van der Waals surface area contributed by atoms with Gasteiger partial charge in [0.25, 0.3) is 0 Å². The summed E-state index contributed by atoms with van der Waals surface area (Å²) >= 11 is 5.63. The molecule has 0 N–H and O–H groups in total. The Kier molecular flexibility index (Phi) is 4.34. The zero-order valence-corrected chi connectivity index (χ0v) is 10.2. The second-order valence-electron chi connectivity index (χ2n) is 3.93. The fraction of sp³-hybridized carbons (Fsp3) is 0.500. The van der Waals surface area contributed by atoms with Crippen LogP contribution in [0.1, 0.15) is 29.6 Å². The highest BCUT2D eigenvalue weighted by atomic mass is 35.5. The SMILES string of the molecule is O=C(OCC[C@@H]1CCCO1)c1ccc(Cl)nc1. The van der Waals surface area contributed by atoms with Crippen molar-refractivity contribution in [3.8, 4) is 0 Å². The molecule has 5 heteroatoms. The Balaban J connectivity index is 1.75. The first kappa shape index (κ1) is 12.3. The number of pyridine rings is 1. The predicted molar refractivity (Wildman–Crippen MR) is 63.1 cm³/mol. The monoisotopic (exact) mass is 255 g/mol. The summed E-state index contributed by atoms with van der Waals surface area (Å²) in [4.78, 5) is 15.4. The van der Waals surface area contributed by atoms with Gasteiger partial charge in [0.2, 0.25) is 0 Å². The highest BCUT2D eigenvalue weighted by Crippen LogP contribution is 2.15. The van der Waals surface area contributed by atoms with Crippen molar-refractivity contribution in [1.29, 1.82) is 0 Å². The first-order valence-electron chi connectivity index (χ1n) is 5.66. The Bertz CT molecular complexity index is 374. The first-order chi connectivity index (χ1) is 8.25. The molecule has 0 amide bonds. The van der Waals surface area contributed by atoms with Gasteiger partial charge in [-0.15, -0.1) is 0 Å². The normalized spacial score (nSPS) is 19.2. The zero-order chi connectivity index (χ0) is 12.1. The Morgan fingerprint density at radius 2 is 2.47 bits per heavy atom. The van der Waals surface area contributed by atoms with Crippen molar-refractivity contribution in [2.75, 3.05) is 13.2 Å². The minimum atomic E-state index is -0.368. The van der Waals surface area contributed by atoms with E-state index in [9.17, 15) is 4.79 Å². The number of nitrogens with zero attached hydrogens (tertiary/aromatic N) is 1. The maximum atomic E-state index is 11.6. The van der Waals surface area contributed by atoms with Crippen molar-refractivity contribution in [2.45, 2.75) is 25.4 Å². The van der Waals surface area contributed by atoms with E-state index >= 15 is 0 Å². The molecule has 1 saturated heterocycles. The van der Waals surface area contributed by atoms with Crippen LogP contribution in [0.2, 0.25) is 5.15 Å². The lowest BCUT2D eigenvalue weighted by Gasteiger charge is -2.09. The molecule has 0 unspecified atom stereocenters. The van der Waals surface area contributed by atoms with Crippen molar-refractivity contribution in [1.82, 2.24) is 4.98 Å². The van der Waals surface area contributed by atoms with Gasteiger partial charge in [0.15, 0.2) is 0 Å². The summed E-state index contributed by atoms with van der Waals surface area (Å²) in [5.41, 5.74) is 0.418. The van der Waals surface area contributed by atoms with Gasteiger partial charge in [0, 0.05) is 19.2 Å². The number of hydrogen-bond donors (Lipinski definition) is 0. The third-order valence-electron chi connectivity index (χ3n) is 2.66. The molecule has 0 saturated carbocycles. The van der Waals surface area contributed by atoms with E-state index in [1.165, 1.54) is 6.20 Å². The molecule has 1 aliphatic heterocycles. The summed E-state index contributed by atoms with van der Waals surface area (Å²) in [5, 5.41) is 0.362. The van der Waals surface area contributed by atoms with E-state index in [2.05, 4.69) is 4.98 Å². The van der Waals surface area contributed by atoms with Gasteiger partial charge in [0.1, 0.15) is 5.15 Å². The van der Waals surface area contributed by atoms with Crippen LogP contribution in [0.15, 0.2) is 18.3 Å². The molecule has 0 aliphatic carbocycles. The van der Waals surface area contributed by atoms with E-state index in [1.807, 2.05) is 0 Å². The maximum Gasteiger partial charge on any atom is 0.339 e. The van der Waals surface area contributed by atoms with Crippen LogP contribution in [0.4, 0.5) is 0 Å². The molecule has 1 fully saturated rings. The lowest BCUT2D eigenvalue weighted by atomic mass is 10.2. The summed E-state index contributed by atoms with van der Waals surface area (Å²) in [6.45, 7) is 1.20. The molecule has 1 atom stereocenters. The number of carbonyl (C=O) groups excluding carboxylic acids is 1.